The minimum atomic E-state index is -4.59. The maximum Gasteiger partial charge on any atom is 0.410 e. The van der Waals surface area contributed by atoms with Crippen LogP contribution in [0.4, 0.5) is 24.7 Å². The molecule has 2 N–H and O–H groups in total. The average molecular weight is 678 g/mol. The Morgan fingerprint density at radius 2 is 1.44 bits per heavy atom. The number of anilines is 2. The molecule has 230 valence electrons. The summed E-state index contributed by atoms with van der Waals surface area (Å²) in [5, 5.41) is 10.1. The highest BCUT2D eigenvalue weighted by Crippen LogP contribution is 2.46. The van der Waals surface area contributed by atoms with Crippen molar-refractivity contribution in [2.45, 2.75) is 38.5 Å². The first-order chi connectivity index (χ1) is 21.6. The van der Waals surface area contributed by atoms with Crippen LogP contribution in [0.3, 0.4) is 0 Å². The molecule has 6 rings (SSSR count). The lowest BCUT2D eigenvalue weighted by atomic mass is 9.97. The average Bonchev–Trinajstić information content (AvgIpc) is 3.35. The standard InChI is InChI=1S/C34H28BrF3N4O3/c1-20-10-6-8-14-27(20)44-24-16-23(17-25(18-24)45-28-15-9-7-11-21(28)2)39-33(43)31-30(35)32-40-26(22-12-4-3-5-13-22)19-29(34(36,37)38)42(32)41-31/h3-18,26,29,40H,19H2,1-2H3,(H,39,43)/t26-,29+/m1/s1. The van der Waals surface area contributed by atoms with Gasteiger partial charge >= 0.3 is 6.18 Å². The maximum absolute atomic E-state index is 14.3. The molecule has 1 aliphatic heterocycles. The van der Waals surface area contributed by atoms with Crippen LogP contribution in [-0.4, -0.2) is 21.9 Å². The van der Waals surface area contributed by atoms with Gasteiger partial charge in [0.15, 0.2) is 11.7 Å². The molecule has 1 aromatic heterocycles. The summed E-state index contributed by atoms with van der Waals surface area (Å²) in [5.74, 6) is 1.37. The Morgan fingerprint density at radius 3 is 2.00 bits per heavy atom. The number of para-hydroxylation sites is 2. The van der Waals surface area contributed by atoms with Crippen LogP contribution in [0.1, 0.15) is 45.7 Å². The molecule has 2 heterocycles. The molecule has 2 atom stereocenters. The summed E-state index contributed by atoms with van der Waals surface area (Å²) in [6.45, 7) is 3.82. The van der Waals surface area contributed by atoms with Gasteiger partial charge in [-0.1, -0.05) is 66.7 Å². The van der Waals surface area contributed by atoms with E-state index in [1.807, 2.05) is 62.4 Å². The number of carbonyl (C=O) groups is 1. The van der Waals surface area contributed by atoms with Crippen LogP contribution < -0.4 is 20.1 Å². The topological polar surface area (TPSA) is 77.4 Å². The Bertz CT molecular complexity index is 1790. The number of hydrogen-bond donors (Lipinski definition) is 2. The van der Waals surface area contributed by atoms with Crippen LogP contribution in [-0.2, 0) is 0 Å². The number of rotatable bonds is 7. The lowest BCUT2D eigenvalue weighted by Crippen LogP contribution is -2.35. The molecule has 0 saturated carbocycles. The van der Waals surface area contributed by atoms with Crippen molar-refractivity contribution < 1.29 is 27.4 Å². The quantitative estimate of drug-likeness (QED) is 0.179. The van der Waals surface area contributed by atoms with Gasteiger partial charge in [-0.25, -0.2) is 4.68 Å². The zero-order valence-electron chi connectivity index (χ0n) is 24.2. The minimum absolute atomic E-state index is 0.0720. The number of carbonyl (C=O) groups excluding carboxylic acids is 1. The van der Waals surface area contributed by atoms with Crippen molar-refractivity contribution in [3.05, 3.63) is 124 Å². The maximum atomic E-state index is 14.3. The van der Waals surface area contributed by atoms with Gasteiger partial charge in [0.1, 0.15) is 28.8 Å². The second-order valence-electron chi connectivity index (χ2n) is 10.7. The summed E-state index contributed by atoms with van der Waals surface area (Å²) in [4.78, 5) is 13.6. The second-order valence-corrected chi connectivity index (χ2v) is 11.5. The normalized spacial score (nSPS) is 16.0. The van der Waals surface area contributed by atoms with E-state index in [1.165, 1.54) is 0 Å². The monoisotopic (exact) mass is 676 g/mol. The largest absolute Gasteiger partial charge is 0.457 e. The Hall–Kier alpha value is -4.77. The van der Waals surface area contributed by atoms with Crippen molar-refractivity contribution in [2.75, 3.05) is 10.6 Å². The highest BCUT2D eigenvalue weighted by atomic mass is 79.9. The fourth-order valence-corrected chi connectivity index (χ4v) is 5.74. The predicted octanol–water partition coefficient (Wildman–Crippen LogP) is 9.76. The zero-order valence-corrected chi connectivity index (χ0v) is 25.8. The molecule has 0 radical (unpaired) electrons. The highest BCUT2D eigenvalue weighted by molar-refractivity contribution is 9.10. The van der Waals surface area contributed by atoms with E-state index in [4.69, 9.17) is 9.47 Å². The van der Waals surface area contributed by atoms with Crippen LogP contribution in [0.25, 0.3) is 0 Å². The van der Waals surface area contributed by atoms with Gasteiger partial charge in [-0.3, -0.25) is 4.79 Å². The number of halogens is 4. The number of aryl methyl sites for hydroxylation is 2. The van der Waals surface area contributed by atoms with E-state index in [2.05, 4.69) is 31.7 Å². The van der Waals surface area contributed by atoms with Crippen LogP contribution >= 0.6 is 15.9 Å². The van der Waals surface area contributed by atoms with E-state index in [1.54, 1.807) is 48.5 Å². The van der Waals surface area contributed by atoms with E-state index < -0.39 is 24.2 Å². The van der Waals surface area contributed by atoms with Gasteiger partial charge in [0.2, 0.25) is 0 Å². The third-order valence-corrected chi connectivity index (χ3v) is 8.24. The molecular weight excluding hydrogens is 649 g/mol. The smallest absolute Gasteiger partial charge is 0.410 e. The van der Waals surface area contributed by atoms with Gasteiger partial charge in [-0.05, 0) is 58.6 Å². The van der Waals surface area contributed by atoms with E-state index >= 15 is 0 Å². The molecule has 45 heavy (non-hydrogen) atoms. The van der Waals surface area contributed by atoms with E-state index in [-0.39, 0.29) is 22.4 Å². The third kappa shape index (κ3) is 6.53. The van der Waals surface area contributed by atoms with Crippen LogP contribution in [0.5, 0.6) is 23.0 Å². The number of nitrogens with one attached hydrogen (secondary N) is 2. The Balaban J connectivity index is 1.33. The summed E-state index contributed by atoms with van der Waals surface area (Å²) in [5.41, 5.74) is 2.61. The number of hydrogen-bond acceptors (Lipinski definition) is 5. The number of alkyl halides is 3. The molecular formula is C34H28BrF3N4O3. The number of aromatic nitrogens is 2. The molecule has 7 nitrogen and oxygen atoms in total. The fraction of sp³-hybridized carbons (Fsp3) is 0.176. The molecule has 0 spiro atoms. The summed E-state index contributed by atoms with van der Waals surface area (Å²) >= 11 is 3.36. The van der Waals surface area contributed by atoms with E-state index in [0.29, 0.717) is 34.2 Å². The molecule has 0 aliphatic carbocycles. The molecule has 11 heteroatoms. The predicted molar refractivity (Wildman–Crippen MR) is 169 cm³/mol. The first-order valence-electron chi connectivity index (χ1n) is 14.2. The van der Waals surface area contributed by atoms with Crippen LogP contribution in [0, 0.1) is 13.8 Å². The summed E-state index contributed by atoms with van der Waals surface area (Å²) in [6, 6.07) is 26.2. The zero-order chi connectivity index (χ0) is 31.7. The van der Waals surface area contributed by atoms with Gasteiger partial charge in [-0.15, -0.1) is 0 Å². The van der Waals surface area contributed by atoms with Crippen molar-refractivity contribution in [2.24, 2.45) is 0 Å². The first kappa shape index (κ1) is 30.3. The van der Waals surface area contributed by atoms with Gasteiger partial charge in [0.25, 0.3) is 5.91 Å². The van der Waals surface area contributed by atoms with Crippen molar-refractivity contribution in [3.63, 3.8) is 0 Å². The van der Waals surface area contributed by atoms with Crippen LogP contribution in [0.2, 0.25) is 0 Å². The third-order valence-electron chi connectivity index (χ3n) is 7.49. The number of fused-ring (bicyclic) bond motifs is 1. The van der Waals surface area contributed by atoms with Crippen molar-refractivity contribution in [1.29, 1.82) is 0 Å². The van der Waals surface area contributed by atoms with Crippen molar-refractivity contribution in [3.8, 4) is 23.0 Å². The molecule has 0 saturated heterocycles. The minimum Gasteiger partial charge on any atom is -0.457 e. The molecule has 1 amide bonds. The van der Waals surface area contributed by atoms with Gasteiger partial charge in [0, 0.05) is 30.3 Å². The Kier molecular flexibility index (Phi) is 8.28. The number of nitrogens with zero attached hydrogens (tertiary/aromatic N) is 2. The number of ether oxygens (including phenoxy) is 2. The van der Waals surface area contributed by atoms with E-state index in [9.17, 15) is 18.0 Å². The van der Waals surface area contributed by atoms with Gasteiger partial charge < -0.3 is 20.1 Å². The first-order valence-corrected chi connectivity index (χ1v) is 15.0. The van der Waals surface area contributed by atoms with Crippen molar-refractivity contribution >= 4 is 33.3 Å². The summed E-state index contributed by atoms with van der Waals surface area (Å²) < 4.78 is 56.1. The Labute approximate surface area is 266 Å². The van der Waals surface area contributed by atoms with Crippen molar-refractivity contribution in [1.82, 2.24) is 9.78 Å². The number of amides is 1. The fourth-order valence-electron chi connectivity index (χ4n) is 5.19. The lowest BCUT2D eigenvalue weighted by Gasteiger charge is -2.33. The van der Waals surface area contributed by atoms with Gasteiger partial charge in [0.05, 0.1) is 10.5 Å². The molecule has 5 aromatic rings. The highest BCUT2D eigenvalue weighted by Gasteiger charge is 2.47. The summed E-state index contributed by atoms with van der Waals surface area (Å²) in [7, 11) is 0. The second kappa shape index (κ2) is 12.3. The lowest BCUT2D eigenvalue weighted by molar-refractivity contribution is -0.173. The van der Waals surface area contributed by atoms with Crippen LogP contribution in [0.15, 0.2) is 102 Å². The Morgan fingerprint density at radius 1 is 0.889 bits per heavy atom. The molecule has 4 aromatic carbocycles. The SMILES string of the molecule is Cc1ccccc1Oc1cc(NC(=O)c2nn3c(c2Br)N[C@@H](c2ccccc2)C[C@H]3C(F)(F)F)cc(Oc2ccccc2C)c1. The number of benzene rings is 4. The molecule has 1 aliphatic rings. The van der Waals surface area contributed by atoms with Gasteiger partial charge in [-0.2, -0.15) is 18.3 Å². The van der Waals surface area contributed by atoms with E-state index in [0.717, 1.165) is 15.8 Å². The summed E-state index contributed by atoms with van der Waals surface area (Å²) in [6.07, 6.45) is -4.88. The molecule has 0 fully saturated rings. The molecule has 0 bridgehead atoms. The molecule has 0 unspecified atom stereocenters.